The van der Waals surface area contributed by atoms with E-state index in [2.05, 4.69) is 46.2 Å². The molecule has 2 aliphatic rings. The lowest BCUT2D eigenvalue weighted by molar-refractivity contribution is -0.138. The van der Waals surface area contributed by atoms with Crippen LogP contribution in [0.3, 0.4) is 0 Å². The third-order valence-electron chi connectivity index (χ3n) is 8.09. The highest BCUT2D eigenvalue weighted by Crippen LogP contribution is 2.60. The van der Waals surface area contributed by atoms with Crippen molar-refractivity contribution in [1.82, 2.24) is 34.5 Å². The fourth-order valence-electron chi connectivity index (χ4n) is 6.25. The molecule has 42 heavy (non-hydrogen) atoms. The molecule has 2 amide bonds. The summed E-state index contributed by atoms with van der Waals surface area (Å²) >= 11 is 3.34. The van der Waals surface area contributed by atoms with Crippen LogP contribution in [-0.4, -0.2) is 84.9 Å². The van der Waals surface area contributed by atoms with E-state index in [0.29, 0.717) is 33.6 Å². The van der Waals surface area contributed by atoms with Gasteiger partial charge in [0.1, 0.15) is 34.5 Å². The zero-order chi connectivity index (χ0) is 29.8. The lowest BCUT2D eigenvalue weighted by Gasteiger charge is -2.27. The molecule has 0 radical (unpaired) electrons. The number of carbonyl (C=O) groups is 3. The Kier molecular flexibility index (Phi) is 7.14. The Bertz CT molecular complexity index is 1720. The number of rotatable bonds is 8. The van der Waals surface area contributed by atoms with Crippen molar-refractivity contribution < 1.29 is 14.4 Å². The van der Waals surface area contributed by atoms with E-state index < -0.39 is 6.04 Å². The molecule has 0 unspecified atom stereocenters. The van der Waals surface area contributed by atoms with Crippen LogP contribution in [0.15, 0.2) is 53.4 Å². The number of halogens is 1. The number of Topliss-reactive ketones (excluding diaryl/α,β-unsaturated/α-hetero) is 1. The predicted molar refractivity (Wildman–Crippen MR) is 161 cm³/mol. The van der Waals surface area contributed by atoms with Crippen LogP contribution in [0, 0.1) is 12.3 Å². The molecule has 1 aromatic carbocycles. The Morgan fingerprint density at radius 3 is 2.55 bits per heavy atom. The largest absolute Gasteiger partial charge is 0.325 e. The van der Waals surface area contributed by atoms with E-state index in [1.165, 1.54) is 6.92 Å². The molecule has 216 valence electrons. The number of benzene rings is 1. The Hall–Kier alpha value is -4.03. The quantitative estimate of drug-likeness (QED) is 0.231. The number of hydrogen-bond donors (Lipinski definition) is 1. The van der Waals surface area contributed by atoms with Gasteiger partial charge in [-0.3, -0.25) is 19.1 Å². The van der Waals surface area contributed by atoms with Gasteiger partial charge in [0.15, 0.2) is 5.78 Å². The molecule has 0 bridgehead atoms. The van der Waals surface area contributed by atoms with Crippen LogP contribution >= 0.6 is 15.9 Å². The summed E-state index contributed by atoms with van der Waals surface area (Å²) in [5.41, 5.74) is 2.49. The van der Waals surface area contributed by atoms with Gasteiger partial charge in [-0.05, 0) is 79.6 Å². The summed E-state index contributed by atoms with van der Waals surface area (Å²) in [7, 11) is 4.01. The summed E-state index contributed by atoms with van der Waals surface area (Å²) in [5.74, 6) is 0.413. The first kappa shape index (κ1) is 28.1. The van der Waals surface area contributed by atoms with Crippen LogP contribution in [0.25, 0.3) is 22.0 Å². The summed E-state index contributed by atoms with van der Waals surface area (Å²) in [5, 5.41) is 8.11. The van der Waals surface area contributed by atoms with Crippen LogP contribution in [0.5, 0.6) is 0 Å². The topological polar surface area (TPSA) is 126 Å². The number of nitrogens with one attached hydrogen (secondary N) is 1. The lowest BCUT2D eigenvalue weighted by Crippen LogP contribution is -2.46. The smallest absolute Gasteiger partial charge is 0.248 e. The number of aryl methyl sites for hydroxylation is 1. The van der Waals surface area contributed by atoms with Crippen LogP contribution < -0.4 is 5.32 Å². The van der Waals surface area contributed by atoms with Gasteiger partial charge >= 0.3 is 0 Å². The number of hydrogen-bond acceptors (Lipinski definition) is 8. The SMILES string of the molecule is CC(=O)c1nn(CC(=O)N2[C@@H](C(=O)Nc3cccc(Br)n3)C[C@]3(CN(C)C)C[C@H]23)c2ccc(-c3cnc(C)nc3)cc12. The summed E-state index contributed by atoms with van der Waals surface area (Å²) in [6.45, 7) is 3.97. The predicted octanol–water partition coefficient (Wildman–Crippen LogP) is 3.72. The van der Waals surface area contributed by atoms with Crippen LogP contribution in [0.1, 0.15) is 36.1 Å². The molecule has 1 saturated carbocycles. The van der Waals surface area contributed by atoms with Gasteiger partial charge in [-0.15, -0.1) is 0 Å². The molecule has 0 spiro atoms. The van der Waals surface area contributed by atoms with Gasteiger partial charge in [0.2, 0.25) is 11.8 Å². The van der Waals surface area contributed by atoms with E-state index in [4.69, 9.17) is 0 Å². The molecule has 4 aromatic rings. The maximum absolute atomic E-state index is 14.0. The third-order valence-corrected chi connectivity index (χ3v) is 8.53. The number of carbonyl (C=O) groups excluding carboxylic acids is 3. The van der Waals surface area contributed by atoms with Gasteiger partial charge < -0.3 is 15.1 Å². The van der Waals surface area contributed by atoms with Crippen molar-refractivity contribution in [2.75, 3.05) is 26.0 Å². The molecule has 11 nitrogen and oxygen atoms in total. The lowest BCUT2D eigenvalue weighted by atomic mass is 9.98. The first-order chi connectivity index (χ1) is 20.0. The fraction of sp³-hybridized carbons (Fsp3) is 0.367. The number of likely N-dealkylation sites (tertiary alicyclic amines) is 1. The van der Waals surface area contributed by atoms with Crippen LogP contribution in [0.4, 0.5) is 5.82 Å². The minimum atomic E-state index is -0.640. The van der Waals surface area contributed by atoms with E-state index in [-0.39, 0.29) is 41.3 Å². The average Bonchev–Trinajstić information content (AvgIpc) is 3.33. The maximum atomic E-state index is 14.0. The summed E-state index contributed by atoms with van der Waals surface area (Å²) in [4.78, 5) is 56.8. The zero-order valence-corrected chi connectivity index (χ0v) is 25.4. The molecular formula is C30H31BrN8O3. The molecule has 2 fully saturated rings. The average molecular weight is 632 g/mol. The number of anilines is 1. The van der Waals surface area contributed by atoms with Crippen molar-refractivity contribution in [2.24, 2.45) is 5.41 Å². The molecule has 1 aliphatic heterocycles. The minimum absolute atomic E-state index is 0.0409. The van der Waals surface area contributed by atoms with Gasteiger partial charge in [0, 0.05) is 48.3 Å². The van der Waals surface area contributed by atoms with Crippen molar-refractivity contribution in [3.63, 3.8) is 0 Å². The van der Waals surface area contributed by atoms with Crippen molar-refractivity contribution >= 4 is 50.2 Å². The Balaban J connectivity index is 1.30. The van der Waals surface area contributed by atoms with Crippen LogP contribution in [-0.2, 0) is 16.1 Å². The van der Waals surface area contributed by atoms with E-state index in [1.807, 2.05) is 39.2 Å². The van der Waals surface area contributed by atoms with Crippen molar-refractivity contribution in [3.8, 4) is 11.1 Å². The fourth-order valence-corrected chi connectivity index (χ4v) is 6.59. The third kappa shape index (κ3) is 5.20. The highest BCUT2D eigenvalue weighted by molar-refractivity contribution is 9.10. The first-order valence-electron chi connectivity index (χ1n) is 13.7. The molecule has 1 N–H and O–H groups in total. The minimum Gasteiger partial charge on any atom is -0.325 e. The first-order valence-corrected chi connectivity index (χ1v) is 14.5. The van der Waals surface area contributed by atoms with E-state index in [9.17, 15) is 14.4 Å². The number of amides is 2. The van der Waals surface area contributed by atoms with Gasteiger partial charge in [-0.2, -0.15) is 5.10 Å². The molecule has 4 heterocycles. The van der Waals surface area contributed by atoms with E-state index in [0.717, 1.165) is 24.1 Å². The summed E-state index contributed by atoms with van der Waals surface area (Å²) in [6, 6.07) is 10.3. The van der Waals surface area contributed by atoms with Crippen molar-refractivity contribution in [2.45, 2.75) is 45.3 Å². The monoisotopic (exact) mass is 630 g/mol. The molecule has 12 heteroatoms. The standard InChI is InChI=1S/C30H31BrN8O3/c1-17(40)28-21-10-19(20-13-32-18(2)33-14-20)8-9-22(21)38(36-28)15-27(41)39-23(11-30(12-24(30)39)16-37(3)4)29(42)35-26-7-5-6-25(31)34-26/h5-10,13-14,23-24H,11-12,15-16H2,1-4H3,(H,34,35,42)/t23-,24+,30-/m1/s1. The second-order valence-corrected chi connectivity index (χ2v) is 12.3. The number of piperidine rings is 1. The summed E-state index contributed by atoms with van der Waals surface area (Å²) in [6.07, 6.45) is 4.89. The highest BCUT2D eigenvalue weighted by atomic mass is 79.9. The van der Waals surface area contributed by atoms with Crippen molar-refractivity contribution in [3.05, 3.63) is 64.9 Å². The number of aromatic nitrogens is 5. The molecule has 1 aliphatic carbocycles. The van der Waals surface area contributed by atoms with Gasteiger partial charge in [-0.1, -0.05) is 12.1 Å². The summed E-state index contributed by atoms with van der Waals surface area (Å²) < 4.78 is 2.18. The van der Waals surface area contributed by atoms with Gasteiger partial charge in [0.05, 0.1) is 5.52 Å². The number of pyridine rings is 1. The second-order valence-electron chi connectivity index (χ2n) is 11.5. The normalized spacial score (nSPS) is 21.0. The molecule has 3 aromatic heterocycles. The zero-order valence-electron chi connectivity index (χ0n) is 23.8. The van der Waals surface area contributed by atoms with Crippen molar-refractivity contribution in [1.29, 1.82) is 0 Å². The number of nitrogens with zero attached hydrogens (tertiary/aromatic N) is 7. The Morgan fingerprint density at radius 2 is 1.86 bits per heavy atom. The molecular weight excluding hydrogens is 600 g/mol. The molecule has 6 rings (SSSR count). The highest BCUT2D eigenvalue weighted by Gasteiger charge is 2.67. The molecule has 3 atom stereocenters. The van der Waals surface area contributed by atoms with E-state index in [1.54, 1.807) is 40.2 Å². The van der Waals surface area contributed by atoms with Gasteiger partial charge in [-0.25, -0.2) is 15.0 Å². The number of fused-ring (bicyclic) bond motifs is 2. The number of ketones is 1. The van der Waals surface area contributed by atoms with Crippen LogP contribution in [0.2, 0.25) is 0 Å². The van der Waals surface area contributed by atoms with Gasteiger partial charge in [0.25, 0.3) is 0 Å². The van der Waals surface area contributed by atoms with E-state index >= 15 is 0 Å². The second kappa shape index (κ2) is 10.7. The Labute approximate surface area is 251 Å². The maximum Gasteiger partial charge on any atom is 0.248 e. The molecule has 1 saturated heterocycles. The Morgan fingerprint density at radius 1 is 1.10 bits per heavy atom.